The highest BCUT2D eigenvalue weighted by molar-refractivity contribution is 6.23. The molecule has 3 N–H and O–H groups in total. The third-order valence-corrected chi connectivity index (χ3v) is 4.77. The normalized spacial score (nSPS) is 24.0. The first kappa shape index (κ1) is 18.9. The summed E-state index contributed by atoms with van der Waals surface area (Å²) in [5.41, 5.74) is 6.11. The zero-order valence-electron chi connectivity index (χ0n) is 13.5. The molecule has 0 aromatic heterocycles. The van der Waals surface area contributed by atoms with Crippen molar-refractivity contribution in [1.82, 2.24) is 5.32 Å². The molecule has 1 aromatic carbocycles. The zero-order valence-corrected chi connectivity index (χ0v) is 14.3. The van der Waals surface area contributed by atoms with Gasteiger partial charge in [-0.3, -0.25) is 0 Å². The number of allylic oxidation sites excluding steroid dienone is 1. The van der Waals surface area contributed by atoms with Crippen molar-refractivity contribution in [3.8, 4) is 0 Å². The molecule has 0 spiro atoms. The van der Waals surface area contributed by atoms with Gasteiger partial charge in [-0.2, -0.15) is 13.2 Å². The van der Waals surface area contributed by atoms with Gasteiger partial charge in [-0.05, 0) is 36.3 Å². The Balaban J connectivity index is 2.10. The third kappa shape index (κ3) is 4.54. The molecule has 132 valence electrons. The number of halogens is 4. The van der Waals surface area contributed by atoms with E-state index >= 15 is 0 Å². The Kier molecular flexibility index (Phi) is 5.99. The van der Waals surface area contributed by atoms with Gasteiger partial charge < -0.3 is 11.1 Å². The van der Waals surface area contributed by atoms with Gasteiger partial charge in [0.2, 0.25) is 0 Å². The number of hydrogen-bond acceptors (Lipinski definition) is 2. The van der Waals surface area contributed by atoms with Gasteiger partial charge in [0.25, 0.3) is 0 Å². The fourth-order valence-electron chi connectivity index (χ4n) is 2.72. The van der Waals surface area contributed by atoms with Crippen molar-refractivity contribution in [2.24, 2.45) is 5.73 Å². The van der Waals surface area contributed by atoms with E-state index in [1.165, 1.54) is 12.1 Å². The van der Waals surface area contributed by atoms with Gasteiger partial charge in [-0.15, -0.1) is 11.6 Å². The van der Waals surface area contributed by atoms with Crippen LogP contribution in [-0.2, 0) is 12.7 Å². The quantitative estimate of drug-likeness (QED) is 0.720. The Morgan fingerprint density at radius 2 is 1.92 bits per heavy atom. The Morgan fingerprint density at radius 3 is 2.46 bits per heavy atom. The van der Waals surface area contributed by atoms with Crippen LogP contribution in [0.25, 0.3) is 0 Å². The van der Waals surface area contributed by atoms with Crippen molar-refractivity contribution in [3.05, 3.63) is 59.3 Å². The maximum Gasteiger partial charge on any atom is 0.416 e. The van der Waals surface area contributed by atoms with Crippen LogP contribution >= 0.6 is 11.6 Å². The Morgan fingerprint density at radius 1 is 1.25 bits per heavy atom. The summed E-state index contributed by atoms with van der Waals surface area (Å²) in [5, 5.41) is 3.11. The first-order valence-electron chi connectivity index (χ1n) is 7.98. The van der Waals surface area contributed by atoms with E-state index < -0.39 is 17.3 Å². The Hall–Kier alpha value is -1.46. The van der Waals surface area contributed by atoms with Crippen molar-refractivity contribution in [3.63, 3.8) is 0 Å². The van der Waals surface area contributed by atoms with Gasteiger partial charge in [0.05, 0.1) is 16.5 Å². The molecule has 2 rings (SSSR count). The molecule has 1 aliphatic carbocycles. The number of rotatable bonds is 6. The van der Waals surface area contributed by atoms with E-state index in [2.05, 4.69) is 12.2 Å². The molecule has 0 amide bonds. The molecule has 1 aliphatic rings. The van der Waals surface area contributed by atoms with E-state index in [4.69, 9.17) is 17.3 Å². The summed E-state index contributed by atoms with van der Waals surface area (Å²) >= 11 is 6.50. The SMILES string of the molecule is CCCCC1(NCc2ccc(C(F)(F)F)cc2)C=CC(N)=CC1Cl. The van der Waals surface area contributed by atoms with Crippen LogP contribution in [0.3, 0.4) is 0 Å². The molecule has 24 heavy (non-hydrogen) atoms. The molecule has 2 nitrogen and oxygen atoms in total. The molecule has 2 atom stereocenters. The molecule has 0 radical (unpaired) electrons. The largest absolute Gasteiger partial charge is 0.416 e. The second-order valence-corrected chi connectivity index (χ2v) is 6.56. The van der Waals surface area contributed by atoms with Crippen molar-refractivity contribution in [2.75, 3.05) is 0 Å². The zero-order chi connectivity index (χ0) is 17.8. The monoisotopic (exact) mass is 358 g/mol. The maximum absolute atomic E-state index is 12.6. The highest BCUT2D eigenvalue weighted by Crippen LogP contribution is 2.31. The van der Waals surface area contributed by atoms with E-state index in [9.17, 15) is 13.2 Å². The molecular formula is C18H22ClF3N2. The lowest BCUT2D eigenvalue weighted by Crippen LogP contribution is -2.51. The average molecular weight is 359 g/mol. The summed E-state index contributed by atoms with van der Waals surface area (Å²) in [7, 11) is 0. The van der Waals surface area contributed by atoms with Crippen molar-refractivity contribution in [2.45, 2.75) is 49.8 Å². The molecule has 2 unspecified atom stereocenters. The van der Waals surface area contributed by atoms with Crippen LogP contribution in [0.1, 0.15) is 37.3 Å². The van der Waals surface area contributed by atoms with Crippen LogP contribution in [0.5, 0.6) is 0 Å². The molecule has 6 heteroatoms. The number of nitrogens with two attached hydrogens (primary N) is 1. The Labute approximate surface area is 145 Å². The van der Waals surface area contributed by atoms with Crippen LogP contribution in [0.2, 0.25) is 0 Å². The fourth-order valence-corrected chi connectivity index (χ4v) is 3.13. The predicted molar refractivity (Wildman–Crippen MR) is 91.6 cm³/mol. The molecule has 0 aliphatic heterocycles. The number of nitrogens with one attached hydrogen (secondary N) is 1. The minimum absolute atomic E-state index is 0.302. The van der Waals surface area contributed by atoms with Gasteiger partial charge in [-0.25, -0.2) is 0 Å². The van der Waals surface area contributed by atoms with Crippen LogP contribution in [0, 0.1) is 0 Å². The van der Waals surface area contributed by atoms with E-state index in [0.717, 1.165) is 37.0 Å². The lowest BCUT2D eigenvalue weighted by molar-refractivity contribution is -0.137. The number of benzene rings is 1. The molecular weight excluding hydrogens is 337 g/mol. The molecule has 0 saturated carbocycles. The van der Waals surface area contributed by atoms with Crippen molar-refractivity contribution >= 4 is 11.6 Å². The summed E-state index contributed by atoms with van der Waals surface area (Å²) in [5.74, 6) is 0. The smallest absolute Gasteiger partial charge is 0.399 e. The predicted octanol–water partition coefficient (Wildman–Crippen LogP) is 4.74. The molecule has 0 fully saturated rings. The fraction of sp³-hybridized carbons (Fsp3) is 0.444. The second kappa shape index (κ2) is 7.62. The first-order chi connectivity index (χ1) is 11.3. The molecule has 0 bridgehead atoms. The van der Waals surface area contributed by atoms with E-state index in [0.29, 0.717) is 12.2 Å². The Bertz CT molecular complexity index is 608. The number of unbranched alkanes of at least 4 members (excludes halogenated alkanes) is 1. The van der Waals surface area contributed by atoms with Crippen LogP contribution in [-0.4, -0.2) is 10.9 Å². The van der Waals surface area contributed by atoms with E-state index in [1.54, 1.807) is 6.08 Å². The minimum Gasteiger partial charge on any atom is -0.399 e. The third-order valence-electron chi connectivity index (χ3n) is 4.25. The summed E-state index contributed by atoms with van der Waals surface area (Å²) < 4.78 is 37.9. The number of alkyl halides is 4. The van der Waals surface area contributed by atoms with Gasteiger partial charge >= 0.3 is 6.18 Å². The average Bonchev–Trinajstić information content (AvgIpc) is 2.53. The molecule has 0 heterocycles. The molecule has 0 saturated heterocycles. The lowest BCUT2D eigenvalue weighted by Gasteiger charge is -2.37. The summed E-state index contributed by atoms with van der Waals surface area (Å²) in [4.78, 5) is 0. The highest BCUT2D eigenvalue weighted by atomic mass is 35.5. The van der Waals surface area contributed by atoms with Gasteiger partial charge in [0.1, 0.15) is 0 Å². The highest BCUT2D eigenvalue weighted by Gasteiger charge is 2.35. The van der Waals surface area contributed by atoms with Crippen LogP contribution < -0.4 is 11.1 Å². The summed E-state index contributed by atoms with van der Waals surface area (Å²) in [6.45, 7) is 2.53. The van der Waals surface area contributed by atoms with Gasteiger partial charge in [0.15, 0.2) is 0 Å². The summed E-state index contributed by atoms with van der Waals surface area (Å²) in [6.07, 6.45) is 4.13. The standard InChI is InChI=1S/C18H22ClF3N2/c1-2-3-9-17(10-8-15(23)11-16(17)19)24-12-13-4-6-14(7-5-13)18(20,21)22/h4-8,10-11,16,24H,2-3,9,12,23H2,1H3. The van der Waals surface area contributed by atoms with Crippen molar-refractivity contribution < 1.29 is 13.2 Å². The topological polar surface area (TPSA) is 38.0 Å². The van der Waals surface area contributed by atoms with Gasteiger partial charge in [-0.1, -0.05) is 38.0 Å². The molecule has 1 aromatic rings. The van der Waals surface area contributed by atoms with E-state index in [-0.39, 0.29) is 5.38 Å². The second-order valence-electron chi connectivity index (χ2n) is 6.09. The first-order valence-corrected chi connectivity index (χ1v) is 8.42. The lowest BCUT2D eigenvalue weighted by atomic mass is 9.84. The van der Waals surface area contributed by atoms with Crippen LogP contribution in [0.4, 0.5) is 13.2 Å². The number of hydrogen-bond donors (Lipinski definition) is 2. The minimum atomic E-state index is -4.32. The summed E-state index contributed by atoms with van der Waals surface area (Å²) in [6, 6.07) is 5.18. The van der Waals surface area contributed by atoms with Crippen LogP contribution in [0.15, 0.2) is 48.2 Å². The maximum atomic E-state index is 12.6. The van der Waals surface area contributed by atoms with Crippen molar-refractivity contribution in [1.29, 1.82) is 0 Å². The van der Waals surface area contributed by atoms with Gasteiger partial charge in [0, 0.05) is 12.2 Å². The van der Waals surface area contributed by atoms with E-state index in [1.807, 2.05) is 12.2 Å².